The molecule has 0 radical (unpaired) electrons. The highest BCUT2D eigenvalue weighted by Crippen LogP contribution is 2.21. The summed E-state index contributed by atoms with van der Waals surface area (Å²) in [5.41, 5.74) is 0.349. The minimum absolute atomic E-state index is 0.349. The molecule has 1 aromatic rings. The molecule has 1 heterocycles. The van der Waals surface area contributed by atoms with Crippen molar-refractivity contribution in [2.24, 2.45) is 5.41 Å². The summed E-state index contributed by atoms with van der Waals surface area (Å²) in [7, 11) is 0. The lowest BCUT2D eigenvalue weighted by molar-refractivity contribution is 0.0979. The van der Waals surface area contributed by atoms with Crippen molar-refractivity contribution in [3.63, 3.8) is 0 Å². The summed E-state index contributed by atoms with van der Waals surface area (Å²) in [6.45, 7) is 11.3. The number of aromatic nitrogens is 1. The molecule has 0 saturated heterocycles. The highest BCUT2D eigenvalue weighted by Gasteiger charge is 2.09. The minimum atomic E-state index is 0.349. The number of rotatable bonds is 7. The fraction of sp³-hybridized carbons (Fsp3) is 0.769. The zero-order valence-corrected chi connectivity index (χ0v) is 12.2. The van der Waals surface area contributed by atoms with Crippen LogP contribution in [0, 0.1) is 5.41 Å². The summed E-state index contributed by atoms with van der Waals surface area (Å²) in [4.78, 5) is 5.50. The van der Waals surface area contributed by atoms with Crippen LogP contribution in [0.2, 0.25) is 0 Å². The van der Waals surface area contributed by atoms with Crippen molar-refractivity contribution < 1.29 is 4.74 Å². The van der Waals surface area contributed by atoms with Crippen LogP contribution in [-0.2, 0) is 11.3 Å². The van der Waals surface area contributed by atoms with E-state index in [0.717, 1.165) is 31.1 Å². The standard InChI is InChI=1S/C13H24N2OS/c1-5-7-14-12-15-9-11(17-12)10-16-8-6-13(2,3)4/h9H,5-8,10H2,1-4H3,(H,14,15). The number of nitrogens with one attached hydrogen (secondary N) is 1. The third-order valence-electron chi connectivity index (χ3n) is 2.32. The first-order chi connectivity index (χ1) is 8.01. The maximum atomic E-state index is 5.66. The normalized spacial score (nSPS) is 11.8. The second-order valence-corrected chi connectivity index (χ2v) is 6.54. The van der Waals surface area contributed by atoms with Crippen LogP contribution in [0.5, 0.6) is 0 Å². The van der Waals surface area contributed by atoms with E-state index in [4.69, 9.17) is 4.74 Å². The van der Waals surface area contributed by atoms with E-state index in [1.807, 2.05) is 6.20 Å². The third kappa shape index (κ3) is 6.64. The van der Waals surface area contributed by atoms with Crippen LogP contribution in [0.1, 0.15) is 45.4 Å². The first-order valence-corrected chi connectivity index (χ1v) is 7.09. The lowest BCUT2D eigenvalue weighted by Gasteiger charge is -2.17. The quantitative estimate of drug-likeness (QED) is 0.751. The summed E-state index contributed by atoms with van der Waals surface area (Å²) in [6, 6.07) is 0. The summed E-state index contributed by atoms with van der Waals surface area (Å²) in [6.07, 6.45) is 4.11. The van der Waals surface area contributed by atoms with E-state index in [2.05, 4.69) is 38.0 Å². The lowest BCUT2D eigenvalue weighted by atomic mass is 9.93. The third-order valence-corrected chi connectivity index (χ3v) is 3.25. The molecule has 0 aliphatic heterocycles. The van der Waals surface area contributed by atoms with Gasteiger partial charge < -0.3 is 10.1 Å². The maximum Gasteiger partial charge on any atom is 0.182 e. The minimum Gasteiger partial charge on any atom is -0.376 e. The van der Waals surface area contributed by atoms with Crippen molar-refractivity contribution in [2.45, 2.75) is 47.1 Å². The van der Waals surface area contributed by atoms with Crippen LogP contribution in [-0.4, -0.2) is 18.1 Å². The van der Waals surface area contributed by atoms with Gasteiger partial charge in [-0.2, -0.15) is 0 Å². The Balaban J connectivity index is 2.21. The first kappa shape index (κ1) is 14.5. The monoisotopic (exact) mass is 256 g/mol. The van der Waals surface area contributed by atoms with Crippen molar-refractivity contribution in [3.8, 4) is 0 Å². The largest absolute Gasteiger partial charge is 0.376 e. The maximum absolute atomic E-state index is 5.66. The fourth-order valence-electron chi connectivity index (χ4n) is 1.24. The predicted molar refractivity (Wildman–Crippen MR) is 74.6 cm³/mol. The molecule has 0 spiro atoms. The van der Waals surface area contributed by atoms with Crippen molar-refractivity contribution >= 4 is 16.5 Å². The molecule has 0 saturated carbocycles. The van der Waals surface area contributed by atoms with E-state index < -0.39 is 0 Å². The Morgan fingerprint density at radius 2 is 2.18 bits per heavy atom. The molecule has 3 nitrogen and oxygen atoms in total. The molecule has 0 atom stereocenters. The van der Waals surface area contributed by atoms with Crippen LogP contribution in [0.4, 0.5) is 5.13 Å². The Bertz CT molecular complexity index is 317. The van der Waals surface area contributed by atoms with E-state index in [1.54, 1.807) is 11.3 Å². The molecule has 0 aromatic carbocycles. The molecule has 0 amide bonds. The number of anilines is 1. The highest BCUT2D eigenvalue weighted by atomic mass is 32.1. The predicted octanol–water partition coefficient (Wildman–Crippen LogP) is 3.92. The van der Waals surface area contributed by atoms with Gasteiger partial charge in [-0.25, -0.2) is 4.98 Å². The second kappa shape index (κ2) is 6.97. The molecule has 1 N–H and O–H groups in total. The molecule has 1 rings (SSSR count). The van der Waals surface area contributed by atoms with Crippen molar-refractivity contribution in [2.75, 3.05) is 18.5 Å². The van der Waals surface area contributed by atoms with Gasteiger partial charge in [-0.05, 0) is 18.3 Å². The Hall–Kier alpha value is -0.610. The van der Waals surface area contributed by atoms with Crippen LogP contribution < -0.4 is 5.32 Å². The van der Waals surface area contributed by atoms with Gasteiger partial charge in [0.05, 0.1) is 11.5 Å². The lowest BCUT2D eigenvalue weighted by Crippen LogP contribution is -2.09. The summed E-state index contributed by atoms with van der Waals surface area (Å²) >= 11 is 1.68. The summed E-state index contributed by atoms with van der Waals surface area (Å²) in [5, 5.41) is 4.28. The number of hydrogen-bond donors (Lipinski definition) is 1. The van der Waals surface area contributed by atoms with Crippen LogP contribution in [0.25, 0.3) is 0 Å². The molecule has 0 bridgehead atoms. The molecule has 0 unspecified atom stereocenters. The first-order valence-electron chi connectivity index (χ1n) is 6.27. The molecule has 0 aliphatic carbocycles. The van der Waals surface area contributed by atoms with Gasteiger partial charge in [0, 0.05) is 19.3 Å². The van der Waals surface area contributed by atoms with Gasteiger partial charge in [-0.1, -0.05) is 39.0 Å². The van der Waals surface area contributed by atoms with Crippen molar-refractivity contribution in [3.05, 3.63) is 11.1 Å². The topological polar surface area (TPSA) is 34.2 Å². The number of ether oxygens (including phenoxy) is 1. The van der Waals surface area contributed by atoms with E-state index in [0.29, 0.717) is 12.0 Å². The van der Waals surface area contributed by atoms with E-state index in [-0.39, 0.29) is 0 Å². The zero-order chi connectivity index (χ0) is 12.7. The van der Waals surface area contributed by atoms with Gasteiger partial charge in [0.15, 0.2) is 5.13 Å². The average molecular weight is 256 g/mol. The molecule has 0 aliphatic rings. The smallest absolute Gasteiger partial charge is 0.182 e. The number of thiazole rings is 1. The highest BCUT2D eigenvalue weighted by molar-refractivity contribution is 7.15. The number of nitrogens with zero attached hydrogens (tertiary/aromatic N) is 1. The molecular weight excluding hydrogens is 232 g/mol. The van der Waals surface area contributed by atoms with Crippen LogP contribution in [0.3, 0.4) is 0 Å². The molecule has 1 aromatic heterocycles. The molecular formula is C13H24N2OS. The SMILES string of the molecule is CCCNc1ncc(COCCC(C)(C)C)s1. The van der Waals surface area contributed by atoms with E-state index in [9.17, 15) is 0 Å². The average Bonchev–Trinajstić information content (AvgIpc) is 2.68. The van der Waals surface area contributed by atoms with Gasteiger partial charge in [-0.3, -0.25) is 0 Å². The number of hydrogen-bond acceptors (Lipinski definition) is 4. The molecule has 98 valence electrons. The van der Waals surface area contributed by atoms with Gasteiger partial charge in [0.2, 0.25) is 0 Å². The van der Waals surface area contributed by atoms with Crippen LogP contribution >= 0.6 is 11.3 Å². The van der Waals surface area contributed by atoms with Gasteiger partial charge >= 0.3 is 0 Å². The van der Waals surface area contributed by atoms with Gasteiger partial charge in [0.1, 0.15) is 0 Å². The Kier molecular flexibility index (Phi) is 5.92. The van der Waals surface area contributed by atoms with Gasteiger partial charge in [-0.15, -0.1) is 0 Å². The Labute approximate surface area is 109 Å². The van der Waals surface area contributed by atoms with Gasteiger partial charge in [0.25, 0.3) is 0 Å². The van der Waals surface area contributed by atoms with Crippen LogP contribution in [0.15, 0.2) is 6.20 Å². The van der Waals surface area contributed by atoms with Crippen molar-refractivity contribution in [1.82, 2.24) is 4.98 Å². The van der Waals surface area contributed by atoms with Crippen molar-refractivity contribution in [1.29, 1.82) is 0 Å². The Morgan fingerprint density at radius 1 is 1.41 bits per heavy atom. The summed E-state index contributed by atoms with van der Waals surface area (Å²) < 4.78 is 5.66. The van der Waals surface area contributed by atoms with E-state index >= 15 is 0 Å². The second-order valence-electron chi connectivity index (χ2n) is 5.42. The zero-order valence-electron chi connectivity index (χ0n) is 11.4. The molecule has 4 heteroatoms. The Morgan fingerprint density at radius 3 is 2.82 bits per heavy atom. The summed E-state index contributed by atoms with van der Waals surface area (Å²) in [5.74, 6) is 0. The fourth-order valence-corrected chi connectivity index (χ4v) is 2.01. The molecule has 0 fully saturated rings. The molecule has 17 heavy (non-hydrogen) atoms. The van der Waals surface area contributed by atoms with E-state index in [1.165, 1.54) is 4.88 Å².